The maximum atomic E-state index is 12.4. The number of carbonyl (C=O) groups excluding carboxylic acids is 1. The van der Waals surface area contributed by atoms with Crippen LogP contribution in [0, 0.1) is 0 Å². The van der Waals surface area contributed by atoms with Crippen molar-refractivity contribution >= 4 is 28.6 Å². The molecule has 4 nitrogen and oxygen atoms in total. The first-order valence-electron chi connectivity index (χ1n) is 7.80. The van der Waals surface area contributed by atoms with Crippen molar-refractivity contribution in [2.24, 2.45) is 0 Å². The van der Waals surface area contributed by atoms with E-state index < -0.39 is 12.7 Å². The summed E-state index contributed by atoms with van der Waals surface area (Å²) < 4.78 is 42.8. The number of halogens is 3. The van der Waals surface area contributed by atoms with Crippen molar-refractivity contribution in [2.75, 3.05) is 23.8 Å². The first-order valence-corrected chi connectivity index (χ1v) is 8.68. The Bertz CT molecular complexity index is 745. The number of rotatable bonds is 5. The molecule has 134 valence electrons. The Hall–Kier alpha value is -2.06. The highest BCUT2D eigenvalue weighted by Gasteiger charge is 2.27. The van der Waals surface area contributed by atoms with Gasteiger partial charge in [-0.25, -0.2) is 0 Å². The van der Waals surface area contributed by atoms with Crippen LogP contribution in [0.4, 0.5) is 24.5 Å². The van der Waals surface area contributed by atoms with E-state index in [9.17, 15) is 18.0 Å². The zero-order valence-corrected chi connectivity index (χ0v) is 14.0. The van der Waals surface area contributed by atoms with Crippen LogP contribution >= 0.6 is 11.3 Å². The van der Waals surface area contributed by atoms with Gasteiger partial charge in [-0.3, -0.25) is 4.79 Å². The topological polar surface area (TPSA) is 50.4 Å². The lowest BCUT2D eigenvalue weighted by molar-refractivity contribution is -0.119. The van der Waals surface area contributed by atoms with Crippen LogP contribution in [0.5, 0.6) is 0 Å². The second-order valence-electron chi connectivity index (χ2n) is 5.69. The molecule has 0 aliphatic carbocycles. The molecule has 0 saturated carbocycles. The summed E-state index contributed by atoms with van der Waals surface area (Å²) in [7, 11) is 0. The molecule has 2 N–H and O–H groups in total. The Morgan fingerprint density at radius 2 is 2.00 bits per heavy atom. The third-order valence-electron chi connectivity index (χ3n) is 3.81. The lowest BCUT2D eigenvalue weighted by Gasteiger charge is -2.23. The summed E-state index contributed by atoms with van der Waals surface area (Å²) in [6.45, 7) is -0.602. The molecule has 1 aromatic heterocycles. The van der Waals surface area contributed by atoms with Crippen LogP contribution in [0.2, 0.25) is 0 Å². The van der Waals surface area contributed by atoms with Gasteiger partial charge in [-0.1, -0.05) is 12.1 Å². The minimum Gasteiger partial charge on any atom is -0.375 e. The second kappa shape index (κ2) is 7.45. The van der Waals surface area contributed by atoms with Crippen LogP contribution in [0.15, 0.2) is 35.7 Å². The van der Waals surface area contributed by atoms with Gasteiger partial charge >= 0.3 is 6.18 Å². The Balaban J connectivity index is 1.64. The molecule has 0 fully saturated rings. The molecule has 25 heavy (non-hydrogen) atoms. The molecule has 8 heteroatoms. The molecule has 0 radical (unpaired) electrons. The molecule has 1 aliphatic rings. The maximum Gasteiger partial charge on any atom is 0.405 e. The zero-order valence-electron chi connectivity index (χ0n) is 13.2. The molecule has 2 heterocycles. The summed E-state index contributed by atoms with van der Waals surface area (Å²) >= 11 is 1.55. The molecule has 2 aromatic rings. The molecule has 1 atom stereocenters. The predicted octanol–water partition coefficient (Wildman–Crippen LogP) is 4.36. The van der Waals surface area contributed by atoms with Gasteiger partial charge in [0.1, 0.15) is 12.6 Å². The highest BCUT2D eigenvalue weighted by Crippen LogP contribution is 2.34. The molecule has 1 aliphatic heterocycles. The number of hydrogen-bond acceptors (Lipinski definition) is 4. The quantitative estimate of drug-likeness (QED) is 0.822. The number of ether oxygens (including phenoxy) is 1. The number of anilines is 2. The number of fused-ring (bicyclic) bond motifs is 1. The summed E-state index contributed by atoms with van der Waals surface area (Å²) in [6.07, 6.45) is -3.68. The lowest BCUT2D eigenvalue weighted by atomic mass is 10.1. The fourth-order valence-corrected chi connectivity index (χ4v) is 3.69. The Morgan fingerprint density at radius 1 is 1.24 bits per heavy atom. The van der Waals surface area contributed by atoms with E-state index in [4.69, 9.17) is 4.74 Å². The number of para-hydroxylation sites is 2. The highest BCUT2D eigenvalue weighted by atomic mass is 32.1. The lowest BCUT2D eigenvalue weighted by Crippen LogP contribution is -2.23. The highest BCUT2D eigenvalue weighted by molar-refractivity contribution is 7.10. The number of carbonyl (C=O) groups is 1. The fourth-order valence-electron chi connectivity index (χ4n) is 2.69. The van der Waals surface area contributed by atoms with Crippen LogP contribution < -0.4 is 10.6 Å². The number of nitrogens with one attached hydrogen (secondary N) is 2. The van der Waals surface area contributed by atoms with E-state index in [0.29, 0.717) is 12.3 Å². The van der Waals surface area contributed by atoms with Gasteiger partial charge in [-0.05, 0) is 35.6 Å². The SMILES string of the molecule is O=C(CC1OCCc2ccsc21)Nc1ccccc1NCC(F)(F)F. The van der Waals surface area contributed by atoms with Gasteiger partial charge in [-0.15, -0.1) is 11.3 Å². The largest absolute Gasteiger partial charge is 0.405 e. The average molecular weight is 370 g/mol. The first-order chi connectivity index (χ1) is 11.9. The molecular formula is C17H17F3N2O2S. The van der Waals surface area contributed by atoms with Crippen LogP contribution in [-0.2, 0) is 16.0 Å². The van der Waals surface area contributed by atoms with Crippen molar-refractivity contribution in [2.45, 2.75) is 25.1 Å². The van der Waals surface area contributed by atoms with E-state index in [1.165, 1.54) is 11.6 Å². The van der Waals surface area contributed by atoms with Crippen molar-refractivity contribution in [3.05, 3.63) is 46.2 Å². The zero-order chi connectivity index (χ0) is 17.9. The van der Waals surface area contributed by atoms with Crippen LogP contribution in [0.3, 0.4) is 0 Å². The summed E-state index contributed by atoms with van der Waals surface area (Å²) in [5.41, 5.74) is 1.75. The normalized spacial score (nSPS) is 17.0. The third-order valence-corrected chi connectivity index (χ3v) is 4.87. The predicted molar refractivity (Wildman–Crippen MR) is 90.9 cm³/mol. The molecule has 1 amide bonds. The van der Waals surface area contributed by atoms with Gasteiger partial charge in [0.2, 0.25) is 5.91 Å². The van der Waals surface area contributed by atoms with Gasteiger partial charge in [0.05, 0.1) is 24.4 Å². The monoisotopic (exact) mass is 370 g/mol. The van der Waals surface area contributed by atoms with E-state index in [-0.39, 0.29) is 24.1 Å². The number of alkyl halides is 3. The maximum absolute atomic E-state index is 12.4. The molecule has 0 spiro atoms. The standard InChI is InChI=1S/C17H17F3N2O2S/c18-17(19,20)10-21-12-3-1-2-4-13(12)22-15(23)9-14-16-11(5-7-24-14)6-8-25-16/h1-4,6,8,14,21H,5,7,9-10H2,(H,22,23). The third kappa shape index (κ3) is 4.73. The number of benzene rings is 1. The first kappa shape index (κ1) is 17.8. The van der Waals surface area contributed by atoms with Gasteiger partial charge in [0, 0.05) is 4.88 Å². The van der Waals surface area contributed by atoms with E-state index in [1.54, 1.807) is 29.5 Å². The fraction of sp³-hybridized carbons (Fsp3) is 0.353. The molecule has 1 unspecified atom stereocenters. The van der Waals surface area contributed by atoms with Gasteiger partial charge in [-0.2, -0.15) is 13.2 Å². The molecular weight excluding hydrogens is 353 g/mol. The van der Waals surface area contributed by atoms with E-state index in [2.05, 4.69) is 10.6 Å². The second-order valence-corrected chi connectivity index (χ2v) is 6.63. The summed E-state index contributed by atoms with van der Waals surface area (Å²) in [4.78, 5) is 13.4. The smallest absolute Gasteiger partial charge is 0.375 e. The molecule has 3 rings (SSSR count). The Morgan fingerprint density at radius 3 is 2.76 bits per heavy atom. The number of thiophene rings is 1. The Kier molecular flexibility index (Phi) is 5.29. The van der Waals surface area contributed by atoms with Crippen molar-refractivity contribution < 1.29 is 22.7 Å². The van der Waals surface area contributed by atoms with E-state index in [1.807, 2.05) is 11.4 Å². The van der Waals surface area contributed by atoms with Crippen LogP contribution in [0.25, 0.3) is 0 Å². The van der Waals surface area contributed by atoms with E-state index in [0.717, 1.165) is 11.3 Å². The summed E-state index contributed by atoms with van der Waals surface area (Å²) in [6, 6.07) is 8.36. The van der Waals surface area contributed by atoms with Crippen LogP contribution in [-0.4, -0.2) is 25.2 Å². The van der Waals surface area contributed by atoms with Gasteiger partial charge in [0.15, 0.2) is 0 Å². The average Bonchev–Trinajstić information content (AvgIpc) is 3.03. The Labute approximate surface area is 147 Å². The summed E-state index contributed by atoms with van der Waals surface area (Å²) in [5, 5.41) is 6.95. The van der Waals surface area contributed by atoms with Gasteiger partial charge in [0.25, 0.3) is 0 Å². The molecule has 0 saturated heterocycles. The number of amides is 1. The van der Waals surface area contributed by atoms with Crippen molar-refractivity contribution in [3.8, 4) is 0 Å². The van der Waals surface area contributed by atoms with Crippen LogP contribution in [0.1, 0.15) is 23.0 Å². The number of hydrogen-bond donors (Lipinski definition) is 2. The van der Waals surface area contributed by atoms with Crippen molar-refractivity contribution in [1.82, 2.24) is 0 Å². The minimum absolute atomic E-state index is 0.126. The van der Waals surface area contributed by atoms with Crippen molar-refractivity contribution in [1.29, 1.82) is 0 Å². The van der Waals surface area contributed by atoms with Gasteiger partial charge < -0.3 is 15.4 Å². The van der Waals surface area contributed by atoms with E-state index >= 15 is 0 Å². The molecule has 0 bridgehead atoms. The summed E-state index contributed by atoms with van der Waals surface area (Å²) in [5.74, 6) is -0.299. The van der Waals surface area contributed by atoms with Crippen molar-refractivity contribution in [3.63, 3.8) is 0 Å². The molecule has 1 aromatic carbocycles. The minimum atomic E-state index is -4.33.